The van der Waals surface area contributed by atoms with Crippen molar-refractivity contribution >= 4 is 11.8 Å². The summed E-state index contributed by atoms with van der Waals surface area (Å²) in [4.78, 5) is 2.98. The van der Waals surface area contributed by atoms with E-state index in [0.29, 0.717) is 4.87 Å². The lowest BCUT2D eigenvalue weighted by Crippen LogP contribution is -2.37. The summed E-state index contributed by atoms with van der Waals surface area (Å²) < 4.78 is 0. The third kappa shape index (κ3) is 1.19. The number of rotatable bonds is 2. The van der Waals surface area contributed by atoms with Gasteiger partial charge >= 0.3 is 0 Å². The molecule has 1 aliphatic heterocycles. The fourth-order valence-corrected chi connectivity index (χ4v) is 3.15. The van der Waals surface area contributed by atoms with Crippen molar-refractivity contribution in [3.05, 3.63) is 0 Å². The maximum atomic E-state index is 2.50. The Bertz CT molecular complexity index is 110. The molecule has 2 heteroatoms. The van der Waals surface area contributed by atoms with Crippen LogP contribution < -0.4 is 0 Å². The van der Waals surface area contributed by atoms with E-state index in [0.717, 1.165) is 0 Å². The van der Waals surface area contributed by atoms with Crippen LogP contribution >= 0.6 is 11.8 Å². The van der Waals surface area contributed by atoms with Crippen LogP contribution in [-0.2, 0) is 0 Å². The molecule has 0 aromatic carbocycles. The van der Waals surface area contributed by atoms with E-state index in [1.54, 1.807) is 0 Å². The first kappa shape index (κ1) is 8.41. The molecule has 0 atom stereocenters. The zero-order valence-electron chi connectivity index (χ0n) is 7.18. The summed E-state index contributed by atoms with van der Waals surface area (Å²) in [7, 11) is 2.24. The van der Waals surface area contributed by atoms with Gasteiger partial charge in [0.2, 0.25) is 0 Å². The monoisotopic (exact) mass is 159 g/mol. The Morgan fingerprint density at radius 2 is 2.00 bits per heavy atom. The maximum absolute atomic E-state index is 2.50. The van der Waals surface area contributed by atoms with Crippen molar-refractivity contribution in [3.63, 3.8) is 0 Å². The number of thioether (sulfide) groups is 1. The number of nitrogens with zero attached hydrogens (tertiary/aromatic N) is 1. The maximum Gasteiger partial charge on any atom is 0.0663 e. The second kappa shape index (κ2) is 3.14. The highest BCUT2D eigenvalue weighted by Gasteiger charge is 2.35. The summed E-state index contributed by atoms with van der Waals surface area (Å²) in [6, 6.07) is 0. The molecule has 10 heavy (non-hydrogen) atoms. The zero-order valence-corrected chi connectivity index (χ0v) is 8.00. The van der Waals surface area contributed by atoms with Crippen LogP contribution in [0.4, 0.5) is 0 Å². The van der Waals surface area contributed by atoms with E-state index >= 15 is 0 Å². The molecule has 0 radical (unpaired) electrons. The van der Waals surface area contributed by atoms with E-state index in [2.05, 4.69) is 37.6 Å². The first-order valence-electron chi connectivity index (χ1n) is 4.10. The molecule has 0 unspecified atom stereocenters. The summed E-state index contributed by atoms with van der Waals surface area (Å²) in [6.07, 6.45) is 2.56. The molecule has 0 aliphatic carbocycles. The predicted octanol–water partition coefficient (Wildman–Crippen LogP) is 2.18. The Kier molecular flexibility index (Phi) is 2.64. The molecule has 0 amide bonds. The van der Waals surface area contributed by atoms with Crippen LogP contribution in [0.5, 0.6) is 0 Å². The van der Waals surface area contributed by atoms with Crippen LogP contribution in [0.15, 0.2) is 0 Å². The third-order valence-electron chi connectivity index (χ3n) is 2.60. The highest BCUT2D eigenvalue weighted by Crippen LogP contribution is 2.39. The molecule has 60 valence electrons. The Morgan fingerprint density at radius 3 is 2.20 bits per heavy atom. The second-order valence-electron chi connectivity index (χ2n) is 2.92. The lowest BCUT2D eigenvalue weighted by molar-refractivity contribution is 0.226. The third-order valence-corrected chi connectivity index (χ3v) is 4.41. The van der Waals surface area contributed by atoms with Crippen LogP contribution in [-0.4, -0.2) is 29.1 Å². The standard InChI is InChI=1S/C8H17NS/c1-4-8(5-2)9(3)6-7-10-8/h4-7H2,1-3H3. The van der Waals surface area contributed by atoms with E-state index in [4.69, 9.17) is 0 Å². The number of hydrogen-bond donors (Lipinski definition) is 0. The summed E-state index contributed by atoms with van der Waals surface area (Å²) in [5.41, 5.74) is 0. The fourth-order valence-electron chi connectivity index (χ4n) is 1.68. The van der Waals surface area contributed by atoms with Gasteiger partial charge in [-0.25, -0.2) is 0 Å². The van der Waals surface area contributed by atoms with Crippen molar-refractivity contribution in [1.29, 1.82) is 0 Å². The predicted molar refractivity (Wildman–Crippen MR) is 48.4 cm³/mol. The SMILES string of the molecule is CCC1(CC)SCCN1C. The molecule has 0 aromatic rings. The van der Waals surface area contributed by atoms with Gasteiger partial charge in [0.05, 0.1) is 4.87 Å². The van der Waals surface area contributed by atoms with Crippen LogP contribution in [0.1, 0.15) is 26.7 Å². The minimum absolute atomic E-state index is 0.486. The molecule has 1 fully saturated rings. The van der Waals surface area contributed by atoms with Gasteiger partial charge in [-0.15, -0.1) is 11.8 Å². The van der Waals surface area contributed by atoms with Crippen molar-refractivity contribution in [3.8, 4) is 0 Å². The van der Waals surface area contributed by atoms with Crippen molar-refractivity contribution in [1.82, 2.24) is 4.90 Å². The molecule has 0 aromatic heterocycles. The Hall–Kier alpha value is 0.310. The van der Waals surface area contributed by atoms with Gasteiger partial charge in [-0.3, -0.25) is 4.90 Å². The van der Waals surface area contributed by atoms with E-state index in [1.807, 2.05) is 0 Å². The summed E-state index contributed by atoms with van der Waals surface area (Å²) in [5, 5.41) is 0. The van der Waals surface area contributed by atoms with Gasteiger partial charge in [0.1, 0.15) is 0 Å². The molecule has 0 spiro atoms. The molecule has 1 nitrogen and oxygen atoms in total. The van der Waals surface area contributed by atoms with Crippen molar-refractivity contribution in [2.24, 2.45) is 0 Å². The molecule has 0 saturated carbocycles. The molecule has 1 heterocycles. The number of hydrogen-bond acceptors (Lipinski definition) is 2. The Morgan fingerprint density at radius 1 is 1.40 bits per heavy atom. The Labute approximate surface area is 68.2 Å². The highest BCUT2D eigenvalue weighted by molar-refractivity contribution is 8.00. The first-order valence-corrected chi connectivity index (χ1v) is 5.09. The smallest absolute Gasteiger partial charge is 0.0663 e. The minimum Gasteiger partial charge on any atom is -0.291 e. The zero-order chi connectivity index (χ0) is 7.61. The summed E-state index contributed by atoms with van der Waals surface area (Å²) >= 11 is 2.12. The normalized spacial score (nSPS) is 25.5. The lowest BCUT2D eigenvalue weighted by atomic mass is 10.1. The van der Waals surface area contributed by atoms with Gasteiger partial charge in [0, 0.05) is 12.3 Å². The van der Waals surface area contributed by atoms with Gasteiger partial charge in [-0.05, 0) is 19.9 Å². The van der Waals surface area contributed by atoms with Gasteiger partial charge in [0.15, 0.2) is 0 Å². The van der Waals surface area contributed by atoms with Crippen LogP contribution in [0.3, 0.4) is 0 Å². The topological polar surface area (TPSA) is 3.24 Å². The first-order chi connectivity index (χ1) is 4.75. The fraction of sp³-hybridized carbons (Fsp3) is 1.00. The molecule has 0 N–H and O–H groups in total. The van der Waals surface area contributed by atoms with Crippen LogP contribution in [0, 0.1) is 0 Å². The van der Waals surface area contributed by atoms with E-state index < -0.39 is 0 Å². The Balaban J connectivity index is 2.61. The molecule has 1 aliphatic rings. The van der Waals surface area contributed by atoms with Crippen LogP contribution in [0.25, 0.3) is 0 Å². The molecular formula is C8H17NS. The lowest BCUT2D eigenvalue weighted by Gasteiger charge is -2.32. The summed E-state index contributed by atoms with van der Waals surface area (Å²) in [5.74, 6) is 1.32. The minimum atomic E-state index is 0.486. The van der Waals surface area contributed by atoms with Crippen molar-refractivity contribution in [2.75, 3.05) is 19.3 Å². The van der Waals surface area contributed by atoms with E-state index in [-0.39, 0.29) is 0 Å². The molecule has 1 rings (SSSR count). The molecular weight excluding hydrogens is 142 g/mol. The molecule has 0 bridgehead atoms. The van der Waals surface area contributed by atoms with Gasteiger partial charge < -0.3 is 0 Å². The average molecular weight is 159 g/mol. The average Bonchev–Trinajstić information content (AvgIpc) is 2.32. The second-order valence-corrected chi connectivity index (χ2v) is 4.38. The van der Waals surface area contributed by atoms with Gasteiger partial charge in [-0.2, -0.15) is 0 Å². The molecule has 1 saturated heterocycles. The van der Waals surface area contributed by atoms with Gasteiger partial charge in [-0.1, -0.05) is 13.8 Å². The quantitative estimate of drug-likeness (QED) is 0.607. The van der Waals surface area contributed by atoms with E-state index in [1.165, 1.54) is 25.1 Å². The van der Waals surface area contributed by atoms with Gasteiger partial charge in [0.25, 0.3) is 0 Å². The van der Waals surface area contributed by atoms with E-state index in [9.17, 15) is 0 Å². The summed E-state index contributed by atoms with van der Waals surface area (Å²) in [6.45, 7) is 5.85. The largest absolute Gasteiger partial charge is 0.291 e. The van der Waals surface area contributed by atoms with Crippen molar-refractivity contribution < 1.29 is 0 Å². The highest BCUT2D eigenvalue weighted by atomic mass is 32.2. The van der Waals surface area contributed by atoms with Crippen LogP contribution in [0.2, 0.25) is 0 Å². The van der Waals surface area contributed by atoms with Crippen molar-refractivity contribution in [2.45, 2.75) is 31.6 Å².